The van der Waals surface area contributed by atoms with Crippen molar-refractivity contribution in [3.63, 3.8) is 0 Å². The van der Waals surface area contributed by atoms with Crippen LogP contribution in [0.1, 0.15) is 72.6 Å². The molecule has 1 atom stereocenters. The minimum absolute atomic E-state index is 0.221. The molecule has 0 saturated carbocycles. The van der Waals surface area contributed by atoms with E-state index in [-0.39, 0.29) is 5.97 Å². The van der Waals surface area contributed by atoms with Crippen molar-refractivity contribution in [2.75, 3.05) is 26.4 Å². The van der Waals surface area contributed by atoms with Gasteiger partial charge in [0.05, 0.1) is 13.2 Å². The summed E-state index contributed by atoms with van der Waals surface area (Å²) in [5.41, 5.74) is -0.728. The van der Waals surface area contributed by atoms with Crippen LogP contribution in [0.5, 0.6) is 0 Å². The molecule has 0 radical (unpaired) electrons. The summed E-state index contributed by atoms with van der Waals surface area (Å²) in [5, 5.41) is 3.25. The molecule has 0 aromatic carbocycles. The third kappa shape index (κ3) is 9.86. The summed E-state index contributed by atoms with van der Waals surface area (Å²) >= 11 is 0. The number of carbonyl (C=O) groups is 1. The second kappa shape index (κ2) is 13.1. The number of hydrogen-bond donors (Lipinski definition) is 1. The lowest BCUT2D eigenvalue weighted by atomic mass is 10.0. The summed E-state index contributed by atoms with van der Waals surface area (Å²) in [5.74, 6) is -0.221. The van der Waals surface area contributed by atoms with Crippen molar-refractivity contribution < 1.29 is 14.3 Å². The van der Waals surface area contributed by atoms with Crippen molar-refractivity contribution in [2.45, 2.75) is 78.2 Å². The maximum atomic E-state index is 12.0. The molecule has 0 amide bonds. The van der Waals surface area contributed by atoms with Gasteiger partial charge in [0.15, 0.2) is 0 Å². The minimum Gasteiger partial charge on any atom is -0.465 e. The molecule has 21 heavy (non-hydrogen) atoms. The number of esters is 1. The molecule has 4 heteroatoms. The van der Waals surface area contributed by atoms with Gasteiger partial charge >= 0.3 is 5.97 Å². The summed E-state index contributed by atoms with van der Waals surface area (Å²) in [7, 11) is 0. The van der Waals surface area contributed by atoms with E-state index in [1.54, 1.807) is 0 Å². The number of nitrogens with one attached hydrogen (secondary N) is 1. The maximum absolute atomic E-state index is 12.0. The Morgan fingerprint density at radius 2 is 1.67 bits per heavy atom. The van der Waals surface area contributed by atoms with Gasteiger partial charge in [-0.3, -0.25) is 0 Å². The number of hydrogen-bond acceptors (Lipinski definition) is 4. The summed E-state index contributed by atoms with van der Waals surface area (Å²) in [6, 6.07) is 0. The summed E-state index contributed by atoms with van der Waals surface area (Å²) in [6.07, 6.45) is 8.44. The number of carbonyl (C=O) groups excluding carboxylic acids is 1. The van der Waals surface area contributed by atoms with Gasteiger partial charge < -0.3 is 14.8 Å². The van der Waals surface area contributed by atoms with Crippen LogP contribution in [-0.4, -0.2) is 37.9 Å². The predicted molar refractivity (Wildman–Crippen MR) is 87.5 cm³/mol. The normalized spacial score (nSPS) is 13.9. The van der Waals surface area contributed by atoms with E-state index < -0.39 is 5.54 Å². The number of rotatable bonds is 14. The third-order valence-corrected chi connectivity index (χ3v) is 3.52. The van der Waals surface area contributed by atoms with Gasteiger partial charge in [-0.25, -0.2) is 4.79 Å². The van der Waals surface area contributed by atoms with Gasteiger partial charge in [-0.2, -0.15) is 0 Å². The highest BCUT2D eigenvalue weighted by molar-refractivity contribution is 5.80. The average Bonchev–Trinajstić information content (AvgIpc) is 2.48. The van der Waals surface area contributed by atoms with Crippen LogP contribution in [0.2, 0.25) is 0 Å². The Hall–Kier alpha value is -0.610. The molecule has 0 spiro atoms. The molecule has 0 rings (SSSR count). The second-order valence-electron chi connectivity index (χ2n) is 5.80. The Bertz CT molecular complexity index is 258. The van der Waals surface area contributed by atoms with Gasteiger partial charge in [0.2, 0.25) is 0 Å². The molecule has 0 heterocycles. The average molecular weight is 301 g/mol. The Labute approximate surface area is 131 Å². The van der Waals surface area contributed by atoms with Crippen molar-refractivity contribution in [1.29, 1.82) is 0 Å². The van der Waals surface area contributed by atoms with Crippen LogP contribution in [0.4, 0.5) is 0 Å². The first-order valence-electron chi connectivity index (χ1n) is 8.60. The Morgan fingerprint density at radius 3 is 2.29 bits per heavy atom. The van der Waals surface area contributed by atoms with Crippen molar-refractivity contribution >= 4 is 5.97 Å². The Balaban J connectivity index is 3.93. The van der Waals surface area contributed by atoms with Crippen LogP contribution < -0.4 is 5.32 Å². The molecule has 0 aliphatic carbocycles. The standard InChI is InChI=1S/C17H35NO3/c1-5-8-9-10-11-12-14-20-15-17(4,18-13-6-2)16(19)21-7-3/h18H,5-15H2,1-4H3. The van der Waals surface area contributed by atoms with Gasteiger partial charge in [-0.1, -0.05) is 46.0 Å². The monoisotopic (exact) mass is 301 g/mol. The molecule has 0 fully saturated rings. The summed E-state index contributed by atoms with van der Waals surface area (Å²) < 4.78 is 10.9. The molecule has 0 aliphatic heterocycles. The predicted octanol–water partition coefficient (Wildman–Crippen LogP) is 3.68. The molecule has 1 N–H and O–H groups in total. The van der Waals surface area contributed by atoms with Gasteiger partial charge in [0.25, 0.3) is 0 Å². The van der Waals surface area contributed by atoms with Crippen LogP contribution in [0.15, 0.2) is 0 Å². The van der Waals surface area contributed by atoms with Gasteiger partial charge in [0.1, 0.15) is 5.54 Å². The van der Waals surface area contributed by atoms with Gasteiger partial charge in [-0.15, -0.1) is 0 Å². The van der Waals surface area contributed by atoms with Crippen LogP contribution in [0.3, 0.4) is 0 Å². The van der Waals surface area contributed by atoms with Crippen molar-refractivity contribution in [2.24, 2.45) is 0 Å². The molecular formula is C17H35NO3. The quantitative estimate of drug-likeness (QED) is 0.393. The van der Waals surface area contributed by atoms with E-state index in [1.807, 2.05) is 13.8 Å². The minimum atomic E-state index is -0.728. The molecule has 4 nitrogen and oxygen atoms in total. The highest BCUT2D eigenvalue weighted by Gasteiger charge is 2.34. The lowest BCUT2D eigenvalue weighted by Crippen LogP contribution is -2.54. The highest BCUT2D eigenvalue weighted by atomic mass is 16.5. The van der Waals surface area contributed by atoms with E-state index in [1.165, 1.54) is 32.1 Å². The number of ether oxygens (including phenoxy) is 2. The van der Waals surface area contributed by atoms with Crippen molar-refractivity contribution in [3.05, 3.63) is 0 Å². The van der Waals surface area contributed by atoms with E-state index in [2.05, 4.69) is 19.2 Å². The van der Waals surface area contributed by atoms with Gasteiger partial charge in [0, 0.05) is 6.61 Å². The Kier molecular flexibility index (Phi) is 12.7. The van der Waals surface area contributed by atoms with E-state index in [9.17, 15) is 4.79 Å². The molecule has 0 bridgehead atoms. The van der Waals surface area contributed by atoms with Crippen molar-refractivity contribution in [3.8, 4) is 0 Å². The first-order chi connectivity index (χ1) is 10.1. The lowest BCUT2D eigenvalue weighted by molar-refractivity contribution is -0.153. The Morgan fingerprint density at radius 1 is 1.00 bits per heavy atom. The van der Waals surface area contributed by atoms with Crippen LogP contribution in [0.25, 0.3) is 0 Å². The first-order valence-corrected chi connectivity index (χ1v) is 8.60. The zero-order valence-corrected chi connectivity index (χ0v) is 14.5. The van der Waals surface area contributed by atoms with E-state index in [4.69, 9.17) is 9.47 Å². The molecule has 0 saturated heterocycles. The third-order valence-electron chi connectivity index (χ3n) is 3.52. The molecule has 0 aromatic heterocycles. The highest BCUT2D eigenvalue weighted by Crippen LogP contribution is 2.10. The fraction of sp³-hybridized carbons (Fsp3) is 0.941. The van der Waals surface area contributed by atoms with Crippen LogP contribution >= 0.6 is 0 Å². The largest absolute Gasteiger partial charge is 0.465 e. The lowest BCUT2D eigenvalue weighted by Gasteiger charge is -2.28. The fourth-order valence-corrected chi connectivity index (χ4v) is 2.13. The van der Waals surface area contributed by atoms with E-state index >= 15 is 0 Å². The van der Waals surface area contributed by atoms with Crippen LogP contribution in [-0.2, 0) is 14.3 Å². The summed E-state index contributed by atoms with van der Waals surface area (Å²) in [6.45, 7) is 10.3. The summed E-state index contributed by atoms with van der Waals surface area (Å²) in [4.78, 5) is 12.0. The van der Waals surface area contributed by atoms with Gasteiger partial charge in [-0.05, 0) is 33.2 Å². The van der Waals surface area contributed by atoms with Crippen LogP contribution in [0, 0.1) is 0 Å². The van der Waals surface area contributed by atoms with E-state index in [0.29, 0.717) is 13.2 Å². The zero-order chi connectivity index (χ0) is 16.0. The fourth-order valence-electron chi connectivity index (χ4n) is 2.13. The molecule has 1 unspecified atom stereocenters. The maximum Gasteiger partial charge on any atom is 0.328 e. The first kappa shape index (κ1) is 20.4. The smallest absolute Gasteiger partial charge is 0.328 e. The zero-order valence-electron chi connectivity index (χ0n) is 14.5. The van der Waals surface area contributed by atoms with Crippen molar-refractivity contribution in [1.82, 2.24) is 5.32 Å². The van der Waals surface area contributed by atoms with E-state index in [0.717, 1.165) is 26.0 Å². The molecule has 0 aromatic rings. The molecule has 126 valence electrons. The number of unbranched alkanes of at least 4 members (excludes halogenated alkanes) is 5. The molecular weight excluding hydrogens is 266 g/mol. The SMILES string of the molecule is CCCCCCCCOCC(C)(NCCC)C(=O)OCC. The topological polar surface area (TPSA) is 47.6 Å². The second-order valence-corrected chi connectivity index (χ2v) is 5.80. The molecule has 0 aliphatic rings.